The Balaban J connectivity index is 1.58. The van der Waals surface area contributed by atoms with E-state index < -0.39 is 4.92 Å². The number of fused-ring (bicyclic) bond motifs is 2. The molecule has 2 heterocycles. The molecule has 3 aromatic rings. The molecule has 0 bridgehead atoms. The lowest BCUT2D eigenvalue weighted by Gasteiger charge is -2.09. The third-order valence-corrected chi connectivity index (χ3v) is 4.34. The Labute approximate surface area is 142 Å². The molecule has 2 aromatic carbocycles. The van der Waals surface area contributed by atoms with E-state index in [1.165, 1.54) is 12.1 Å². The monoisotopic (exact) mass is 337 g/mol. The number of hydrogen-bond donors (Lipinski definition) is 0. The van der Waals surface area contributed by atoms with Crippen LogP contribution in [0.4, 0.5) is 5.69 Å². The second-order valence-corrected chi connectivity index (χ2v) is 5.98. The van der Waals surface area contributed by atoms with E-state index in [2.05, 4.69) is 4.98 Å². The Morgan fingerprint density at radius 2 is 2.00 bits per heavy atom. The van der Waals surface area contributed by atoms with Gasteiger partial charge in [0.15, 0.2) is 0 Å². The molecule has 0 saturated heterocycles. The van der Waals surface area contributed by atoms with E-state index in [1.54, 1.807) is 34.9 Å². The van der Waals surface area contributed by atoms with E-state index in [9.17, 15) is 14.9 Å². The average Bonchev–Trinajstić information content (AvgIpc) is 3.09. The predicted molar refractivity (Wildman–Crippen MR) is 91.8 cm³/mol. The van der Waals surface area contributed by atoms with Crippen molar-refractivity contribution >= 4 is 16.6 Å². The number of rotatable bonds is 4. The van der Waals surface area contributed by atoms with Gasteiger partial charge >= 0.3 is 0 Å². The maximum absolute atomic E-state index is 12.6. The zero-order valence-electron chi connectivity index (χ0n) is 13.3. The van der Waals surface area contributed by atoms with Crippen LogP contribution in [0.1, 0.15) is 17.8 Å². The van der Waals surface area contributed by atoms with Gasteiger partial charge < -0.3 is 4.74 Å². The fourth-order valence-corrected chi connectivity index (χ4v) is 3.03. The van der Waals surface area contributed by atoms with Crippen LogP contribution in [0, 0.1) is 10.1 Å². The van der Waals surface area contributed by atoms with E-state index in [0.29, 0.717) is 23.2 Å². The lowest BCUT2D eigenvalue weighted by molar-refractivity contribution is -0.384. The molecule has 0 unspecified atom stereocenters. The van der Waals surface area contributed by atoms with Crippen molar-refractivity contribution in [2.75, 3.05) is 0 Å². The molecule has 0 N–H and O–H groups in total. The molecule has 0 atom stereocenters. The number of ether oxygens (including phenoxy) is 1. The molecular weight excluding hydrogens is 322 g/mol. The normalized spacial score (nSPS) is 13.0. The molecule has 7 heteroatoms. The van der Waals surface area contributed by atoms with Crippen LogP contribution in [0.3, 0.4) is 0 Å². The highest BCUT2D eigenvalue weighted by Crippen LogP contribution is 2.21. The summed E-state index contributed by atoms with van der Waals surface area (Å²) in [6.07, 6.45) is 1.78. The first-order valence-corrected chi connectivity index (χ1v) is 8.01. The Kier molecular flexibility index (Phi) is 3.68. The van der Waals surface area contributed by atoms with Crippen LogP contribution in [0.2, 0.25) is 0 Å². The van der Waals surface area contributed by atoms with E-state index in [1.807, 2.05) is 0 Å². The second kappa shape index (κ2) is 6.01. The summed E-state index contributed by atoms with van der Waals surface area (Å²) in [5.41, 5.74) is 1.51. The van der Waals surface area contributed by atoms with Crippen LogP contribution in [-0.2, 0) is 19.6 Å². The number of nitrogens with zero attached hydrogens (tertiary/aromatic N) is 3. The summed E-state index contributed by atoms with van der Waals surface area (Å²) in [6, 6.07) is 11.5. The van der Waals surface area contributed by atoms with E-state index in [4.69, 9.17) is 4.74 Å². The van der Waals surface area contributed by atoms with Gasteiger partial charge in [-0.25, -0.2) is 4.98 Å². The van der Waals surface area contributed by atoms with E-state index in [-0.39, 0.29) is 17.9 Å². The SMILES string of the molecule is O=c1c2cc(OCc3ccc([N+](=O)[O-])cc3)ccc2nc2n1CCC2. The topological polar surface area (TPSA) is 87.3 Å². The van der Waals surface area contributed by atoms with Crippen molar-refractivity contribution in [1.29, 1.82) is 0 Å². The molecule has 1 aromatic heterocycles. The van der Waals surface area contributed by atoms with Gasteiger partial charge in [0, 0.05) is 25.1 Å². The molecule has 0 radical (unpaired) electrons. The molecule has 126 valence electrons. The Hall–Kier alpha value is -3.22. The summed E-state index contributed by atoms with van der Waals surface area (Å²) in [7, 11) is 0. The van der Waals surface area contributed by atoms with Crippen LogP contribution >= 0.6 is 0 Å². The minimum Gasteiger partial charge on any atom is -0.489 e. The van der Waals surface area contributed by atoms with Crippen molar-refractivity contribution in [2.24, 2.45) is 0 Å². The molecule has 1 aliphatic heterocycles. The number of hydrogen-bond acceptors (Lipinski definition) is 5. The predicted octanol–water partition coefficient (Wildman–Crippen LogP) is 2.83. The Bertz CT molecular complexity index is 1020. The highest BCUT2D eigenvalue weighted by atomic mass is 16.6. The molecule has 0 saturated carbocycles. The van der Waals surface area contributed by atoms with E-state index >= 15 is 0 Å². The number of non-ortho nitro benzene ring substituents is 1. The minimum absolute atomic E-state index is 0.0294. The summed E-state index contributed by atoms with van der Waals surface area (Å²) in [4.78, 5) is 27.3. The zero-order chi connectivity index (χ0) is 17.4. The first-order chi connectivity index (χ1) is 12.1. The van der Waals surface area contributed by atoms with Gasteiger partial charge in [0.25, 0.3) is 11.2 Å². The molecule has 0 aliphatic carbocycles. The Morgan fingerprint density at radius 1 is 1.20 bits per heavy atom. The van der Waals surface area contributed by atoms with Crippen molar-refractivity contribution in [2.45, 2.75) is 26.0 Å². The number of aromatic nitrogens is 2. The van der Waals surface area contributed by atoms with Crippen LogP contribution in [0.5, 0.6) is 5.75 Å². The third-order valence-electron chi connectivity index (χ3n) is 4.34. The first-order valence-electron chi connectivity index (χ1n) is 8.01. The quantitative estimate of drug-likeness (QED) is 0.539. The molecule has 7 nitrogen and oxygen atoms in total. The molecule has 0 amide bonds. The summed E-state index contributed by atoms with van der Waals surface area (Å²) in [5, 5.41) is 11.2. The highest BCUT2D eigenvalue weighted by Gasteiger charge is 2.16. The smallest absolute Gasteiger partial charge is 0.269 e. The van der Waals surface area contributed by atoms with Crippen molar-refractivity contribution in [3.63, 3.8) is 0 Å². The fourth-order valence-electron chi connectivity index (χ4n) is 3.03. The fraction of sp³-hybridized carbons (Fsp3) is 0.222. The number of aryl methyl sites for hydroxylation is 1. The standard InChI is InChI=1S/C18H15N3O4/c22-18-15-10-14(7-8-16(15)19-17-2-1-9-20(17)18)25-11-12-3-5-13(6-4-12)21(23)24/h3-8,10H,1-2,9,11H2. The molecule has 4 rings (SSSR count). The molecule has 1 aliphatic rings. The Morgan fingerprint density at radius 3 is 2.76 bits per heavy atom. The maximum Gasteiger partial charge on any atom is 0.269 e. The van der Waals surface area contributed by atoms with Gasteiger partial charge in [0.1, 0.15) is 18.2 Å². The second-order valence-electron chi connectivity index (χ2n) is 5.98. The van der Waals surface area contributed by atoms with Crippen molar-refractivity contribution < 1.29 is 9.66 Å². The lowest BCUT2D eigenvalue weighted by atomic mass is 10.2. The average molecular weight is 337 g/mol. The van der Waals surface area contributed by atoms with Gasteiger partial charge in [0.2, 0.25) is 0 Å². The van der Waals surface area contributed by atoms with Crippen LogP contribution in [0.15, 0.2) is 47.3 Å². The van der Waals surface area contributed by atoms with Crippen molar-refractivity contribution in [1.82, 2.24) is 9.55 Å². The van der Waals surface area contributed by atoms with Gasteiger partial charge in [-0.2, -0.15) is 0 Å². The van der Waals surface area contributed by atoms with Gasteiger partial charge in [-0.15, -0.1) is 0 Å². The van der Waals surface area contributed by atoms with E-state index in [0.717, 1.165) is 24.2 Å². The minimum atomic E-state index is -0.438. The maximum atomic E-state index is 12.6. The molecule has 0 spiro atoms. The summed E-state index contributed by atoms with van der Waals surface area (Å²) in [5.74, 6) is 1.42. The van der Waals surface area contributed by atoms with Crippen molar-refractivity contribution in [3.05, 3.63) is 74.3 Å². The molecule has 25 heavy (non-hydrogen) atoms. The summed E-state index contributed by atoms with van der Waals surface area (Å²) in [6.45, 7) is 0.980. The van der Waals surface area contributed by atoms with Gasteiger partial charge in [0.05, 0.1) is 15.8 Å². The summed E-state index contributed by atoms with van der Waals surface area (Å²) >= 11 is 0. The molecular formula is C18H15N3O4. The van der Waals surface area contributed by atoms with Gasteiger partial charge in [-0.3, -0.25) is 19.5 Å². The molecule has 0 fully saturated rings. The van der Waals surface area contributed by atoms with Crippen LogP contribution in [-0.4, -0.2) is 14.5 Å². The highest BCUT2D eigenvalue weighted by molar-refractivity contribution is 5.79. The summed E-state index contributed by atoms with van der Waals surface area (Å²) < 4.78 is 7.45. The van der Waals surface area contributed by atoms with Crippen molar-refractivity contribution in [3.8, 4) is 5.75 Å². The number of benzene rings is 2. The first kappa shape index (κ1) is 15.3. The number of nitro benzene ring substituents is 1. The van der Waals surface area contributed by atoms with Gasteiger partial charge in [-0.1, -0.05) is 0 Å². The van der Waals surface area contributed by atoms with Crippen LogP contribution in [0.25, 0.3) is 10.9 Å². The largest absolute Gasteiger partial charge is 0.489 e. The van der Waals surface area contributed by atoms with Crippen LogP contribution < -0.4 is 10.3 Å². The zero-order valence-corrected chi connectivity index (χ0v) is 13.3. The lowest BCUT2D eigenvalue weighted by Crippen LogP contribution is -2.20. The number of nitro groups is 1. The van der Waals surface area contributed by atoms with Gasteiger partial charge in [-0.05, 0) is 42.3 Å². The third kappa shape index (κ3) is 2.84.